The SMILES string of the molecule is COOC(C)=O.[Ti]. The molecule has 0 rings (SSSR count). The molecule has 0 radical (unpaired) electrons. The summed E-state index contributed by atoms with van der Waals surface area (Å²) in [6, 6.07) is 0. The zero-order valence-corrected chi connectivity index (χ0v) is 5.79. The molecule has 0 aliphatic carbocycles. The van der Waals surface area contributed by atoms with Crippen molar-refractivity contribution in [3.8, 4) is 0 Å². The molecule has 0 saturated carbocycles. The first-order valence-corrected chi connectivity index (χ1v) is 1.48. The molecule has 0 aromatic carbocycles. The summed E-state index contributed by atoms with van der Waals surface area (Å²) in [5, 5.41) is 0. The van der Waals surface area contributed by atoms with Crippen LogP contribution < -0.4 is 0 Å². The Balaban J connectivity index is 0. The quantitative estimate of drug-likeness (QED) is 0.293. The molecule has 0 bridgehead atoms. The zero-order valence-electron chi connectivity index (χ0n) is 4.22. The van der Waals surface area contributed by atoms with E-state index in [9.17, 15) is 4.79 Å². The second-order valence-corrected chi connectivity index (χ2v) is 0.742. The van der Waals surface area contributed by atoms with E-state index in [1.165, 1.54) is 14.0 Å². The Labute approximate surface area is 56.8 Å². The van der Waals surface area contributed by atoms with Gasteiger partial charge in [-0.3, -0.25) is 4.89 Å². The Kier molecular flexibility index (Phi) is 8.95. The van der Waals surface area contributed by atoms with E-state index < -0.39 is 5.97 Å². The maximum Gasteiger partial charge on any atom is 0.339 e. The molecule has 0 atom stereocenters. The summed E-state index contributed by atoms with van der Waals surface area (Å²) in [4.78, 5) is 17.6. The van der Waals surface area contributed by atoms with Crippen molar-refractivity contribution in [1.29, 1.82) is 0 Å². The van der Waals surface area contributed by atoms with Crippen LogP contribution in [0.15, 0.2) is 0 Å². The monoisotopic (exact) mass is 138 g/mol. The maximum atomic E-state index is 9.70. The van der Waals surface area contributed by atoms with Crippen LogP contribution in [0.3, 0.4) is 0 Å². The van der Waals surface area contributed by atoms with Gasteiger partial charge in [-0.25, -0.2) is 4.79 Å². The van der Waals surface area contributed by atoms with Gasteiger partial charge in [-0.05, 0) is 0 Å². The summed E-state index contributed by atoms with van der Waals surface area (Å²) in [5.74, 6) is -0.433. The molecule has 0 aromatic heterocycles. The minimum Gasteiger partial charge on any atom is -0.299 e. The molecule has 0 saturated heterocycles. The first-order chi connectivity index (χ1) is 2.77. The molecule has 0 amide bonds. The van der Waals surface area contributed by atoms with Crippen molar-refractivity contribution in [2.75, 3.05) is 7.11 Å². The van der Waals surface area contributed by atoms with E-state index in [4.69, 9.17) is 0 Å². The molecule has 0 aliphatic rings. The van der Waals surface area contributed by atoms with Crippen molar-refractivity contribution < 1.29 is 36.3 Å². The van der Waals surface area contributed by atoms with Crippen LogP contribution in [0.4, 0.5) is 0 Å². The Bertz CT molecular complexity index is 54.1. The Hall–Kier alpha value is 0.144. The maximum absolute atomic E-state index is 9.70. The van der Waals surface area contributed by atoms with E-state index in [2.05, 4.69) is 9.78 Å². The summed E-state index contributed by atoms with van der Waals surface area (Å²) in [6.45, 7) is 1.27. The Morgan fingerprint density at radius 2 is 2.00 bits per heavy atom. The largest absolute Gasteiger partial charge is 0.339 e. The zero-order chi connectivity index (χ0) is 4.99. The molecule has 4 heteroatoms. The Morgan fingerprint density at radius 1 is 1.57 bits per heavy atom. The van der Waals surface area contributed by atoms with E-state index in [0.29, 0.717) is 0 Å². The van der Waals surface area contributed by atoms with Gasteiger partial charge in [0, 0.05) is 28.6 Å². The van der Waals surface area contributed by atoms with Crippen molar-refractivity contribution in [2.24, 2.45) is 0 Å². The number of rotatable bonds is 1. The van der Waals surface area contributed by atoms with Gasteiger partial charge in [0.05, 0.1) is 7.11 Å². The van der Waals surface area contributed by atoms with Gasteiger partial charge in [0.25, 0.3) is 0 Å². The average molecular weight is 138 g/mol. The smallest absolute Gasteiger partial charge is 0.299 e. The second-order valence-electron chi connectivity index (χ2n) is 0.742. The summed E-state index contributed by atoms with van der Waals surface area (Å²) in [5.41, 5.74) is 0. The fourth-order valence-electron chi connectivity index (χ4n) is 0.117. The van der Waals surface area contributed by atoms with Crippen LogP contribution in [0, 0.1) is 0 Å². The first kappa shape index (κ1) is 10.2. The molecule has 0 spiro atoms. The number of hydrogen-bond acceptors (Lipinski definition) is 3. The molecule has 7 heavy (non-hydrogen) atoms. The Morgan fingerprint density at radius 3 is 2.00 bits per heavy atom. The van der Waals surface area contributed by atoms with Crippen molar-refractivity contribution in [3.05, 3.63) is 0 Å². The molecule has 0 unspecified atom stereocenters. The minimum atomic E-state index is -0.433. The van der Waals surface area contributed by atoms with Crippen LogP contribution in [0.1, 0.15) is 6.92 Å². The van der Waals surface area contributed by atoms with Gasteiger partial charge in [-0.2, -0.15) is 4.89 Å². The van der Waals surface area contributed by atoms with Gasteiger partial charge in [0.15, 0.2) is 0 Å². The fraction of sp³-hybridized carbons (Fsp3) is 0.667. The van der Waals surface area contributed by atoms with Crippen LogP contribution in [-0.2, 0) is 36.3 Å². The van der Waals surface area contributed by atoms with Gasteiger partial charge in [-0.15, -0.1) is 0 Å². The minimum absolute atomic E-state index is 0. The fourth-order valence-corrected chi connectivity index (χ4v) is 0.117. The van der Waals surface area contributed by atoms with Crippen molar-refractivity contribution in [3.63, 3.8) is 0 Å². The molecule has 3 nitrogen and oxygen atoms in total. The van der Waals surface area contributed by atoms with Crippen LogP contribution in [0.25, 0.3) is 0 Å². The van der Waals surface area contributed by atoms with Crippen LogP contribution in [-0.4, -0.2) is 13.1 Å². The van der Waals surface area contributed by atoms with Gasteiger partial charge in [0.2, 0.25) is 0 Å². The topological polar surface area (TPSA) is 35.5 Å². The molecule has 40 valence electrons. The van der Waals surface area contributed by atoms with Crippen molar-refractivity contribution in [2.45, 2.75) is 6.92 Å². The van der Waals surface area contributed by atoms with Crippen LogP contribution in [0.2, 0.25) is 0 Å². The molecule has 0 aromatic rings. The van der Waals surface area contributed by atoms with E-state index in [-0.39, 0.29) is 21.7 Å². The summed E-state index contributed by atoms with van der Waals surface area (Å²) >= 11 is 0. The average Bonchev–Trinajstić information content (AvgIpc) is 1.35. The molecular formula is C3H6O3Ti. The van der Waals surface area contributed by atoms with Gasteiger partial charge in [0.1, 0.15) is 0 Å². The van der Waals surface area contributed by atoms with Gasteiger partial charge >= 0.3 is 5.97 Å². The molecule has 0 N–H and O–H groups in total. The van der Waals surface area contributed by atoms with E-state index in [1.54, 1.807) is 0 Å². The van der Waals surface area contributed by atoms with Crippen LogP contribution >= 0.6 is 0 Å². The second kappa shape index (κ2) is 6.14. The summed E-state index contributed by atoms with van der Waals surface area (Å²) in [6.07, 6.45) is 0. The third-order valence-electron chi connectivity index (χ3n) is 0.201. The third-order valence-corrected chi connectivity index (χ3v) is 0.201. The molecule has 0 aliphatic heterocycles. The third kappa shape index (κ3) is 10.7. The van der Waals surface area contributed by atoms with Gasteiger partial charge in [-0.1, -0.05) is 0 Å². The molecule has 0 heterocycles. The molecule has 0 fully saturated rings. The first-order valence-electron chi connectivity index (χ1n) is 1.48. The number of hydrogen-bond donors (Lipinski definition) is 0. The predicted molar refractivity (Wildman–Crippen MR) is 18.8 cm³/mol. The standard InChI is InChI=1S/C3H6O3.Ti/c1-3(4)6-5-2;/h1-2H3;. The van der Waals surface area contributed by atoms with Gasteiger partial charge < -0.3 is 0 Å². The van der Waals surface area contributed by atoms with E-state index in [1.807, 2.05) is 0 Å². The number of carbonyl (C=O) groups excluding carboxylic acids is 1. The van der Waals surface area contributed by atoms with Crippen molar-refractivity contribution >= 4 is 5.97 Å². The van der Waals surface area contributed by atoms with Crippen molar-refractivity contribution in [1.82, 2.24) is 0 Å². The normalized spacial score (nSPS) is 6.57. The number of carbonyl (C=O) groups is 1. The van der Waals surface area contributed by atoms with E-state index >= 15 is 0 Å². The van der Waals surface area contributed by atoms with E-state index in [0.717, 1.165) is 0 Å². The predicted octanol–water partition coefficient (Wildman–Crippen LogP) is 0.108. The summed E-state index contributed by atoms with van der Waals surface area (Å²) in [7, 11) is 1.28. The van der Waals surface area contributed by atoms with Crippen LogP contribution in [0.5, 0.6) is 0 Å². The summed E-state index contributed by atoms with van der Waals surface area (Å²) < 4.78 is 0. The molecular weight excluding hydrogens is 132 g/mol.